The van der Waals surface area contributed by atoms with Crippen LogP contribution in [0.3, 0.4) is 0 Å². The molecule has 0 spiro atoms. The molecule has 194 valence electrons. The minimum atomic E-state index is -3.75. The van der Waals surface area contributed by atoms with Gasteiger partial charge in [0.15, 0.2) is 5.82 Å². The fraction of sp³-hybridized carbons (Fsp3) is 0.129. The van der Waals surface area contributed by atoms with Crippen molar-refractivity contribution in [1.82, 2.24) is 23.5 Å². The highest BCUT2D eigenvalue weighted by Crippen LogP contribution is 2.28. The molecule has 0 fully saturated rings. The molecule has 0 aliphatic carbocycles. The third-order valence-corrected chi connectivity index (χ3v) is 8.71. The third-order valence-electron chi connectivity index (χ3n) is 6.99. The van der Waals surface area contributed by atoms with E-state index in [1.165, 1.54) is 33.1 Å². The first-order valence-electron chi connectivity index (χ1n) is 12.6. The van der Waals surface area contributed by atoms with Crippen molar-refractivity contribution in [2.24, 2.45) is 0 Å². The van der Waals surface area contributed by atoms with Gasteiger partial charge in [0.05, 0.1) is 17.1 Å². The summed E-state index contributed by atoms with van der Waals surface area (Å²) in [7, 11) is -3.75. The van der Waals surface area contributed by atoms with E-state index in [4.69, 9.17) is 9.97 Å². The van der Waals surface area contributed by atoms with Crippen LogP contribution in [0.15, 0.2) is 102 Å². The standard InChI is InChI=1S/C31H27N5O2S/c1-21-4-12-27(13-5-21)39(37,38)36-17-15-32-30(36)20-35-16-14-28-29(19-35)34-31(33-28)25-10-8-24(9-11-25)26-7-6-22(2)23(3)18-26/h4-19H,20H2,1-3H3. The molecule has 0 unspecified atom stereocenters. The minimum Gasteiger partial charge on any atom is -0.344 e. The van der Waals surface area contributed by atoms with Gasteiger partial charge >= 0.3 is 0 Å². The van der Waals surface area contributed by atoms with Crippen molar-refractivity contribution in [3.63, 3.8) is 0 Å². The lowest BCUT2D eigenvalue weighted by atomic mass is 9.99. The first-order chi connectivity index (χ1) is 18.8. The second kappa shape index (κ2) is 9.63. The molecule has 0 saturated carbocycles. The van der Waals surface area contributed by atoms with Crippen LogP contribution in [0, 0.1) is 20.8 Å². The summed E-state index contributed by atoms with van der Waals surface area (Å²) in [4.78, 5) is 14.0. The molecule has 4 aromatic rings. The molecule has 8 heteroatoms. The van der Waals surface area contributed by atoms with Crippen LogP contribution in [-0.2, 0) is 16.6 Å². The number of aromatic nitrogens is 5. The van der Waals surface area contributed by atoms with Gasteiger partial charge in [-0.05, 0) is 61.2 Å². The molecule has 0 atom stereocenters. The number of nitrogens with zero attached hydrogens (tertiary/aromatic N) is 5. The lowest BCUT2D eigenvalue weighted by Crippen LogP contribution is -2.17. The van der Waals surface area contributed by atoms with E-state index in [9.17, 15) is 8.42 Å². The summed E-state index contributed by atoms with van der Waals surface area (Å²) in [6.07, 6.45) is 6.71. The second-order valence-electron chi connectivity index (χ2n) is 9.77. The maximum Gasteiger partial charge on any atom is 0.269 e. The van der Waals surface area contributed by atoms with Crippen molar-refractivity contribution in [1.29, 1.82) is 0 Å². The minimum absolute atomic E-state index is 0.225. The predicted octanol–water partition coefficient (Wildman–Crippen LogP) is 6.12. The van der Waals surface area contributed by atoms with Crippen molar-refractivity contribution in [3.8, 4) is 33.9 Å². The topological polar surface area (TPSA) is 82.7 Å². The van der Waals surface area contributed by atoms with Gasteiger partial charge in [-0.15, -0.1) is 0 Å². The summed E-state index contributed by atoms with van der Waals surface area (Å²) < 4.78 is 29.6. The number of hydrogen-bond acceptors (Lipinski definition) is 5. The summed E-state index contributed by atoms with van der Waals surface area (Å²) in [5, 5.41) is 0. The zero-order valence-electron chi connectivity index (χ0n) is 21.9. The molecule has 3 aromatic carbocycles. The van der Waals surface area contributed by atoms with E-state index in [2.05, 4.69) is 49.2 Å². The molecule has 0 amide bonds. The van der Waals surface area contributed by atoms with Gasteiger partial charge < -0.3 is 4.57 Å². The average molecular weight is 534 g/mol. The lowest BCUT2D eigenvalue weighted by molar-refractivity contribution is 0.582. The maximum atomic E-state index is 13.2. The van der Waals surface area contributed by atoms with Gasteiger partial charge in [0, 0.05) is 30.4 Å². The lowest BCUT2D eigenvalue weighted by Gasteiger charge is -2.12. The van der Waals surface area contributed by atoms with Gasteiger partial charge in [-0.3, -0.25) is 0 Å². The number of rotatable bonds is 6. The number of fused-ring (bicyclic) bond motifs is 1. The number of benzene rings is 3. The van der Waals surface area contributed by atoms with E-state index in [-0.39, 0.29) is 11.4 Å². The summed E-state index contributed by atoms with van der Waals surface area (Å²) in [6, 6.07) is 23.4. The molecule has 6 rings (SSSR count). The fourth-order valence-electron chi connectivity index (χ4n) is 4.55. The SMILES string of the molecule is Cc1ccc(S(=O)(=O)n2ccnc2Cn2ccc3nc(-c4ccc(-c5ccc(C)c(C)c5)cc4)nc-3c2)cc1. The van der Waals surface area contributed by atoms with Gasteiger partial charge in [-0.2, -0.15) is 0 Å². The second-order valence-corrected chi connectivity index (χ2v) is 11.6. The largest absolute Gasteiger partial charge is 0.344 e. The summed E-state index contributed by atoms with van der Waals surface area (Å²) >= 11 is 0. The zero-order valence-corrected chi connectivity index (χ0v) is 22.7. The number of pyridine rings is 1. The highest BCUT2D eigenvalue weighted by Gasteiger charge is 2.21. The van der Waals surface area contributed by atoms with Crippen LogP contribution in [0.4, 0.5) is 0 Å². The van der Waals surface area contributed by atoms with Crippen LogP contribution >= 0.6 is 0 Å². The normalized spacial score (nSPS) is 11.8. The van der Waals surface area contributed by atoms with E-state index in [0.29, 0.717) is 11.6 Å². The van der Waals surface area contributed by atoms with Crippen molar-refractivity contribution in [3.05, 3.63) is 120 Å². The van der Waals surface area contributed by atoms with Gasteiger partial charge in [0.25, 0.3) is 10.0 Å². The number of hydrogen-bond donors (Lipinski definition) is 0. The molecule has 1 aromatic heterocycles. The van der Waals surface area contributed by atoms with Gasteiger partial charge in [0.2, 0.25) is 0 Å². The molecular formula is C31H27N5O2S. The van der Waals surface area contributed by atoms with Gasteiger partial charge in [-0.25, -0.2) is 27.3 Å². The van der Waals surface area contributed by atoms with E-state index in [1.807, 2.05) is 42.1 Å². The first kappa shape index (κ1) is 24.8. The monoisotopic (exact) mass is 533 g/mol. The van der Waals surface area contributed by atoms with Crippen molar-refractivity contribution < 1.29 is 8.42 Å². The molecule has 39 heavy (non-hydrogen) atoms. The van der Waals surface area contributed by atoms with Gasteiger partial charge in [-0.1, -0.05) is 60.2 Å². The van der Waals surface area contributed by atoms with Crippen LogP contribution in [0.25, 0.3) is 33.9 Å². The Morgan fingerprint density at radius 3 is 2.15 bits per heavy atom. The Labute approximate surface area is 227 Å². The van der Waals surface area contributed by atoms with Crippen LogP contribution in [0.2, 0.25) is 0 Å². The Hall–Kier alpha value is -4.56. The number of aryl methyl sites for hydroxylation is 3. The smallest absolute Gasteiger partial charge is 0.269 e. The van der Waals surface area contributed by atoms with Gasteiger partial charge in [0.1, 0.15) is 11.5 Å². The Morgan fingerprint density at radius 2 is 1.41 bits per heavy atom. The molecule has 2 aliphatic heterocycles. The Balaban J connectivity index is 1.25. The van der Waals surface area contributed by atoms with Crippen LogP contribution in [0.1, 0.15) is 22.5 Å². The molecule has 7 nitrogen and oxygen atoms in total. The van der Waals surface area contributed by atoms with E-state index in [0.717, 1.165) is 28.1 Å². The molecule has 0 saturated heterocycles. The Morgan fingerprint density at radius 1 is 0.718 bits per heavy atom. The zero-order chi connectivity index (χ0) is 27.1. The van der Waals surface area contributed by atoms with E-state index >= 15 is 0 Å². The maximum absolute atomic E-state index is 13.2. The number of imidazole rings is 2. The van der Waals surface area contributed by atoms with E-state index in [1.54, 1.807) is 24.3 Å². The molecule has 0 bridgehead atoms. The molecule has 2 aliphatic rings. The fourth-order valence-corrected chi connectivity index (χ4v) is 5.86. The summed E-state index contributed by atoms with van der Waals surface area (Å²) in [5.74, 6) is 1.06. The summed E-state index contributed by atoms with van der Waals surface area (Å²) in [6.45, 7) is 6.43. The average Bonchev–Trinajstić information content (AvgIpc) is 3.58. The Kier molecular flexibility index (Phi) is 6.12. The summed E-state index contributed by atoms with van der Waals surface area (Å²) in [5.41, 5.74) is 8.31. The van der Waals surface area contributed by atoms with Crippen LogP contribution < -0.4 is 0 Å². The first-order valence-corrected chi connectivity index (χ1v) is 14.1. The molecule has 0 radical (unpaired) electrons. The predicted molar refractivity (Wildman–Crippen MR) is 152 cm³/mol. The van der Waals surface area contributed by atoms with Crippen LogP contribution in [0.5, 0.6) is 0 Å². The van der Waals surface area contributed by atoms with Crippen LogP contribution in [-0.4, -0.2) is 31.9 Å². The molecule has 0 N–H and O–H groups in total. The molecule has 3 heterocycles. The third kappa shape index (κ3) is 4.75. The quantitative estimate of drug-likeness (QED) is 0.257. The molecular weight excluding hydrogens is 506 g/mol. The van der Waals surface area contributed by atoms with E-state index < -0.39 is 10.0 Å². The van der Waals surface area contributed by atoms with Crippen molar-refractivity contribution >= 4 is 10.0 Å². The van der Waals surface area contributed by atoms with Crippen molar-refractivity contribution in [2.45, 2.75) is 32.2 Å². The Bertz CT molecular complexity index is 1870. The van der Waals surface area contributed by atoms with Crippen molar-refractivity contribution in [2.75, 3.05) is 0 Å². The highest BCUT2D eigenvalue weighted by atomic mass is 32.2. The highest BCUT2D eigenvalue weighted by molar-refractivity contribution is 7.90.